The van der Waals surface area contributed by atoms with Gasteiger partial charge < -0.3 is 0 Å². The monoisotopic (exact) mass is 395 g/mol. The molecule has 0 fully saturated rings. The summed E-state index contributed by atoms with van der Waals surface area (Å²) in [5.41, 5.74) is 2.20. The molecule has 28 heavy (non-hydrogen) atoms. The predicted molar refractivity (Wildman–Crippen MR) is 113 cm³/mol. The second-order valence-electron chi connectivity index (χ2n) is 7.56. The third kappa shape index (κ3) is 4.48. The van der Waals surface area contributed by atoms with E-state index in [-0.39, 0.29) is 18.0 Å². The first-order valence-corrected chi connectivity index (χ1v) is 9.61. The van der Waals surface area contributed by atoms with Crippen LogP contribution in [-0.4, -0.2) is 10.8 Å². The van der Waals surface area contributed by atoms with Gasteiger partial charge >= 0.3 is 0 Å². The summed E-state index contributed by atoms with van der Waals surface area (Å²) in [5.74, 6) is -0.287. The quantitative estimate of drug-likeness (QED) is 0.477. The molecule has 4 heteroatoms. The van der Waals surface area contributed by atoms with Crippen molar-refractivity contribution in [1.29, 1.82) is 0 Å². The number of hydrogen-bond acceptors (Lipinski definition) is 2. The van der Waals surface area contributed by atoms with Crippen molar-refractivity contribution in [3.8, 4) is 0 Å². The van der Waals surface area contributed by atoms with Crippen molar-refractivity contribution in [2.24, 2.45) is 5.41 Å². The molecule has 0 bridgehead atoms. The number of ketones is 1. The smallest absolute Gasteiger partial charge is 0.149 e. The summed E-state index contributed by atoms with van der Waals surface area (Å²) in [6.45, 7) is 7.54. The zero-order valence-electron chi connectivity index (χ0n) is 16.1. The van der Waals surface area contributed by atoms with Crippen molar-refractivity contribution in [1.82, 2.24) is 4.98 Å². The first kappa shape index (κ1) is 20.2. The van der Waals surface area contributed by atoms with Gasteiger partial charge in [-0.1, -0.05) is 67.6 Å². The molecule has 2 nitrogen and oxygen atoms in total. The number of nitrogens with zero attached hydrogens (tertiary/aromatic N) is 1. The molecule has 0 radical (unpaired) electrons. The van der Waals surface area contributed by atoms with Crippen LogP contribution in [-0.2, 0) is 17.6 Å². The van der Waals surface area contributed by atoms with Gasteiger partial charge in [0, 0.05) is 27.9 Å². The Kier molecular flexibility index (Phi) is 5.95. The van der Waals surface area contributed by atoms with Crippen molar-refractivity contribution in [3.05, 3.63) is 88.8 Å². The maximum Gasteiger partial charge on any atom is 0.149 e. The van der Waals surface area contributed by atoms with Crippen molar-refractivity contribution < 1.29 is 9.18 Å². The number of aromatic nitrogens is 1. The fourth-order valence-corrected chi connectivity index (χ4v) is 3.89. The SMILES string of the molecule is C=C(Cl)CC(C)(Cc1ccccc1)C(=O)Cc1cc2cccc(F)c2nc1C. The predicted octanol–water partition coefficient (Wildman–Crippen LogP) is 6.19. The van der Waals surface area contributed by atoms with Gasteiger partial charge in [0.25, 0.3) is 0 Å². The van der Waals surface area contributed by atoms with E-state index in [0.717, 1.165) is 11.1 Å². The van der Waals surface area contributed by atoms with Crippen LogP contribution >= 0.6 is 11.6 Å². The fourth-order valence-electron chi connectivity index (χ4n) is 3.59. The Morgan fingerprint density at radius 1 is 1.18 bits per heavy atom. The number of rotatable bonds is 7. The largest absolute Gasteiger partial charge is 0.299 e. The molecule has 0 amide bonds. The molecular weight excluding hydrogens is 373 g/mol. The number of hydrogen-bond donors (Lipinski definition) is 0. The van der Waals surface area contributed by atoms with Gasteiger partial charge in [-0.25, -0.2) is 9.37 Å². The van der Waals surface area contributed by atoms with Gasteiger partial charge in [0.1, 0.15) is 17.1 Å². The summed E-state index contributed by atoms with van der Waals surface area (Å²) >= 11 is 6.10. The summed E-state index contributed by atoms with van der Waals surface area (Å²) in [6, 6.07) is 16.6. The lowest BCUT2D eigenvalue weighted by molar-refractivity contribution is -0.127. The van der Waals surface area contributed by atoms with E-state index in [0.29, 0.717) is 34.5 Å². The third-order valence-corrected chi connectivity index (χ3v) is 5.27. The fraction of sp³-hybridized carbons (Fsp3) is 0.250. The Labute approximate surface area is 170 Å². The molecule has 1 heterocycles. The molecule has 0 aliphatic heterocycles. The highest BCUT2D eigenvalue weighted by Gasteiger charge is 2.34. The summed E-state index contributed by atoms with van der Waals surface area (Å²) in [4.78, 5) is 17.7. The van der Waals surface area contributed by atoms with Crippen molar-refractivity contribution >= 4 is 28.3 Å². The highest BCUT2D eigenvalue weighted by molar-refractivity contribution is 6.29. The van der Waals surface area contributed by atoms with Crippen LogP contribution in [0.15, 0.2) is 66.2 Å². The van der Waals surface area contributed by atoms with Crippen LogP contribution < -0.4 is 0 Å². The Bertz CT molecular complexity index is 1030. The molecule has 2 aromatic carbocycles. The third-order valence-electron chi connectivity index (χ3n) is 5.14. The molecular formula is C24H23ClFNO. The topological polar surface area (TPSA) is 30.0 Å². The molecule has 0 aliphatic rings. The van der Waals surface area contributed by atoms with Crippen LogP contribution in [0.4, 0.5) is 4.39 Å². The summed E-state index contributed by atoms with van der Waals surface area (Å²) in [7, 11) is 0. The lowest BCUT2D eigenvalue weighted by Gasteiger charge is -2.28. The zero-order chi connectivity index (χ0) is 20.3. The Morgan fingerprint density at radius 2 is 1.89 bits per heavy atom. The Hall–Kier alpha value is -2.52. The average Bonchev–Trinajstić information content (AvgIpc) is 2.63. The molecule has 0 saturated carbocycles. The number of allylic oxidation sites excluding steroid dienone is 1. The summed E-state index contributed by atoms with van der Waals surface area (Å²) in [5, 5.41) is 1.15. The van der Waals surface area contributed by atoms with E-state index < -0.39 is 5.41 Å². The maximum atomic E-state index is 14.0. The molecule has 0 saturated heterocycles. The van der Waals surface area contributed by atoms with Gasteiger partial charge in [-0.2, -0.15) is 0 Å². The molecule has 1 aromatic heterocycles. The van der Waals surface area contributed by atoms with Gasteiger partial charge in [0.15, 0.2) is 0 Å². The van der Waals surface area contributed by atoms with Crippen LogP contribution in [0.3, 0.4) is 0 Å². The number of aryl methyl sites for hydroxylation is 1. The van der Waals surface area contributed by atoms with Crippen LogP contribution in [0.2, 0.25) is 0 Å². The van der Waals surface area contributed by atoms with E-state index in [2.05, 4.69) is 11.6 Å². The number of Topliss-reactive ketones (excluding diaryl/α,β-unsaturated/α-hetero) is 1. The van der Waals surface area contributed by atoms with E-state index in [1.165, 1.54) is 6.07 Å². The minimum Gasteiger partial charge on any atom is -0.299 e. The minimum atomic E-state index is -0.677. The van der Waals surface area contributed by atoms with Gasteiger partial charge in [0.2, 0.25) is 0 Å². The second kappa shape index (κ2) is 8.24. The van der Waals surface area contributed by atoms with Crippen molar-refractivity contribution in [3.63, 3.8) is 0 Å². The van der Waals surface area contributed by atoms with Crippen molar-refractivity contribution in [2.45, 2.75) is 33.1 Å². The normalized spacial score (nSPS) is 13.3. The van der Waals surface area contributed by atoms with Crippen LogP contribution in [0.5, 0.6) is 0 Å². The van der Waals surface area contributed by atoms with E-state index in [1.54, 1.807) is 6.07 Å². The Morgan fingerprint density at radius 3 is 2.57 bits per heavy atom. The average molecular weight is 396 g/mol. The molecule has 0 spiro atoms. The van der Waals surface area contributed by atoms with Gasteiger partial charge in [-0.05, 0) is 43.0 Å². The number of halogens is 2. The molecule has 0 N–H and O–H groups in total. The molecule has 0 aliphatic carbocycles. The summed E-state index contributed by atoms with van der Waals surface area (Å²) < 4.78 is 14.0. The first-order valence-electron chi connectivity index (χ1n) is 9.24. The standard InChI is InChI=1S/C24H23ClFNO/c1-16(25)14-24(3,15-18-8-5-4-6-9-18)22(28)13-20-12-19-10-7-11-21(26)23(19)27-17(20)2/h4-12H,1,13-15H2,2-3H3. The Balaban J connectivity index is 1.92. The second-order valence-corrected chi connectivity index (χ2v) is 8.10. The lowest BCUT2D eigenvalue weighted by atomic mass is 9.75. The van der Waals surface area contributed by atoms with Crippen molar-refractivity contribution in [2.75, 3.05) is 0 Å². The zero-order valence-corrected chi connectivity index (χ0v) is 16.9. The van der Waals surface area contributed by atoms with Crippen LogP contribution in [0.25, 0.3) is 10.9 Å². The summed E-state index contributed by atoms with van der Waals surface area (Å²) in [6.07, 6.45) is 1.20. The van der Waals surface area contributed by atoms with E-state index in [1.807, 2.05) is 56.3 Å². The van der Waals surface area contributed by atoms with E-state index in [4.69, 9.17) is 11.6 Å². The van der Waals surface area contributed by atoms with Gasteiger partial charge in [-0.15, -0.1) is 0 Å². The molecule has 3 rings (SSSR count). The van der Waals surface area contributed by atoms with Gasteiger partial charge in [-0.3, -0.25) is 4.79 Å². The van der Waals surface area contributed by atoms with E-state index in [9.17, 15) is 9.18 Å². The maximum absolute atomic E-state index is 14.0. The lowest BCUT2D eigenvalue weighted by Crippen LogP contribution is -2.32. The highest BCUT2D eigenvalue weighted by Crippen LogP contribution is 2.34. The van der Waals surface area contributed by atoms with Crippen LogP contribution in [0.1, 0.15) is 30.2 Å². The number of para-hydroxylation sites is 1. The molecule has 3 aromatic rings. The number of benzene rings is 2. The van der Waals surface area contributed by atoms with E-state index >= 15 is 0 Å². The number of fused-ring (bicyclic) bond motifs is 1. The van der Waals surface area contributed by atoms with Crippen LogP contribution in [0, 0.1) is 18.2 Å². The number of pyridine rings is 1. The molecule has 1 unspecified atom stereocenters. The molecule has 1 atom stereocenters. The number of carbonyl (C=O) groups excluding carboxylic acids is 1. The highest BCUT2D eigenvalue weighted by atomic mass is 35.5. The minimum absolute atomic E-state index is 0.0683. The first-order chi connectivity index (χ1) is 13.3. The number of carbonyl (C=O) groups is 1. The van der Waals surface area contributed by atoms with Gasteiger partial charge in [0.05, 0.1) is 0 Å². The molecule has 144 valence electrons.